The summed E-state index contributed by atoms with van der Waals surface area (Å²) in [5.41, 5.74) is 0. The van der Waals surface area contributed by atoms with Crippen LogP contribution in [-0.4, -0.2) is 23.2 Å². The molecule has 8 heteroatoms. The lowest BCUT2D eigenvalue weighted by atomic mass is 10.3. The van der Waals surface area contributed by atoms with Crippen molar-refractivity contribution >= 4 is 33.3 Å². The van der Waals surface area contributed by atoms with E-state index in [1.54, 1.807) is 0 Å². The summed E-state index contributed by atoms with van der Waals surface area (Å²) in [6.07, 6.45) is 0. The Morgan fingerprint density at radius 3 is 1.71 bits per heavy atom. The second-order valence-electron chi connectivity index (χ2n) is 2.34. The molecule has 78 valence electrons. The molecule has 0 spiro atoms. The number of hydrogen-bond acceptors (Lipinski definition) is 4. The molecule has 0 aliphatic heterocycles. The largest absolute Gasteiger partial charge is 0.505 e. The first-order chi connectivity index (χ1) is 6.25. The van der Waals surface area contributed by atoms with Crippen LogP contribution in [0.1, 0.15) is 0 Å². The molecular formula is C6H4Cl2O5S. The van der Waals surface area contributed by atoms with Gasteiger partial charge in [0.25, 0.3) is 0 Å². The highest BCUT2D eigenvalue weighted by molar-refractivity contribution is 7.86. The number of rotatable bonds is 1. The molecule has 0 atom stereocenters. The van der Waals surface area contributed by atoms with E-state index in [2.05, 4.69) is 0 Å². The summed E-state index contributed by atoms with van der Waals surface area (Å²) in [7, 11) is -4.78. The van der Waals surface area contributed by atoms with Crippen LogP contribution in [0.25, 0.3) is 0 Å². The fourth-order valence-electron chi connectivity index (χ4n) is 0.821. The van der Waals surface area contributed by atoms with Crippen LogP contribution in [0.3, 0.4) is 0 Å². The number of halogens is 2. The van der Waals surface area contributed by atoms with Crippen molar-refractivity contribution < 1.29 is 23.2 Å². The van der Waals surface area contributed by atoms with E-state index in [0.29, 0.717) is 0 Å². The quantitative estimate of drug-likeness (QED) is 0.666. The van der Waals surface area contributed by atoms with E-state index >= 15 is 0 Å². The Morgan fingerprint density at radius 2 is 1.43 bits per heavy atom. The molecule has 0 aromatic heterocycles. The van der Waals surface area contributed by atoms with Crippen LogP contribution in [0.15, 0.2) is 11.0 Å². The lowest BCUT2D eigenvalue weighted by Crippen LogP contribution is -1.99. The van der Waals surface area contributed by atoms with Gasteiger partial charge in [0.2, 0.25) is 0 Å². The lowest BCUT2D eigenvalue weighted by Gasteiger charge is -2.06. The second kappa shape index (κ2) is 3.47. The maximum atomic E-state index is 10.7. The number of benzene rings is 1. The number of hydrogen-bond donors (Lipinski definition) is 3. The highest BCUT2D eigenvalue weighted by atomic mass is 35.5. The molecular weight excluding hydrogens is 255 g/mol. The summed E-state index contributed by atoms with van der Waals surface area (Å²) in [5.74, 6) is -1.90. The molecule has 1 aromatic rings. The van der Waals surface area contributed by atoms with E-state index in [9.17, 15) is 8.42 Å². The molecule has 0 saturated heterocycles. The van der Waals surface area contributed by atoms with Gasteiger partial charge in [-0.2, -0.15) is 8.42 Å². The van der Waals surface area contributed by atoms with Crippen LogP contribution >= 0.6 is 23.2 Å². The molecule has 0 heterocycles. The van der Waals surface area contributed by atoms with E-state index < -0.39 is 26.5 Å². The Bertz CT molecular complexity index is 455. The molecule has 0 aliphatic carbocycles. The fourth-order valence-corrected chi connectivity index (χ4v) is 2.11. The third-order valence-corrected chi connectivity index (χ3v) is 2.87. The maximum absolute atomic E-state index is 10.7. The molecule has 0 saturated carbocycles. The Kier molecular flexibility index (Phi) is 2.82. The minimum Gasteiger partial charge on any atom is -0.505 e. The third-order valence-electron chi connectivity index (χ3n) is 1.39. The minimum atomic E-state index is -4.78. The van der Waals surface area contributed by atoms with Crippen LogP contribution in [0, 0.1) is 0 Å². The van der Waals surface area contributed by atoms with Crippen molar-refractivity contribution in [1.82, 2.24) is 0 Å². The standard InChI is InChI=1S/C6H4Cl2O5S/c7-2-1-3(8)5(10)6(4(2)9)14(11,12)13/h1,9-10H,(H,11,12,13). The van der Waals surface area contributed by atoms with Crippen molar-refractivity contribution in [3.63, 3.8) is 0 Å². The summed E-state index contributed by atoms with van der Waals surface area (Å²) < 4.78 is 30.0. The first-order valence-corrected chi connectivity index (χ1v) is 5.32. The molecule has 14 heavy (non-hydrogen) atoms. The Morgan fingerprint density at radius 1 is 1.07 bits per heavy atom. The molecule has 5 nitrogen and oxygen atoms in total. The zero-order chi connectivity index (χ0) is 11.1. The summed E-state index contributed by atoms with van der Waals surface area (Å²) in [4.78, 5) is -1.10. The van der Waals surface area contributed by atoms with E-state index in [1.807, 2.05) is 0 Å². The number of phenolic OH excluding ortho intramolecular Hbond substituents is 2. The highest BCUT2D eigenvalue weighted by Crippen LogP contribution is 2.42. The van der Waals surface area contributed by atoms with E-state index in [0.717, 1.165) is 6.07 Å². The van der Waals surface area contributed by atoms with E-state index in [-0.39, 0.29) is 10.0 Å². The van der Waals surface area contributed by atoms with E-state index in [4.69, 9.17) is 38.0 Å². The zero-order valence-electron chi connectivity index (χ0n) is 6.40. The molecule has 0 radical (unpaired) electrons. The molecule has 3 N–H and O–H groups in total. The van der Waals surface area contributed by atoms with Gasteiger partial charge in [0.15, 0.2) is 16.4 Å². The van der Waals surface area contributed by atoms with Gasteiger partial charge in [0.1, 0.15) is 0 Å². The lowest BCUT2D eigenvalue weighted by molar-refractivity contribution is 0.411. The smallest absolute Gasteiger partial charge is 0.302 e. The van der Waals surface area contributed by atoms with Crippen LogP contribution < -0.4 is 0 Å². The zero-order valence-corrected chi connectivity index (χ0v) is 8.73. The van der Waals surface area contributed by atoms with Crippen LogP contribution in [-0.2, 0) is 10.1 Å². The van der Waals surface area contributed by atoms with E-state index in [1.165, 1.54) is 0 Å². The first-order valence-electron chi connectivity index (χ1n) is 3.12. The maximum Gasteiger partial charge on any atom is 0.302 e. The molecule has 0 bridgehead atoms. The van der Waals surface area contributed by atoms with Gasteiger partial charge in [-0.1, -0.05) is 23.2 Å². The van der Waals surface area contributed by atoms with Gasteiger partial charge in [-0.25, -0.2) is 0 Å². The van der Waals surface area contributed by atoms with Crippen molar-refractivity contribution in [1.29, 1.82) is 0 Å². The molecule has 0 fully saturated rings. The van der Waals surface area contributed by atoms with Gasteiger partial charge in [-0.15, -0.1) is 0 Å². The van der Waals surface area contributed by atoms with Crippen molar-refractivity contribution in [2.24, 2.45) is 0 Å². The third kappa shape index (κ3) is 1.88. The van der Waals surface area contributed by atoms with Crippen molar-refractivity contribution in [2.75, 3.05) is 0 Å². The predicted molar refractivity (Wildman–Crippen MR) is 49.6 cm³/mol. The normalized spacial score (nSPS) is 11.6. The minimum absolute atomic E-state index is 0.388. The first kappa shape index (κ1) is 11.4. The highest BCUT2D eigenvalue weighted by Gasteiger charge is 2.25. The molecule has 0 unspecified atom stereocenters. The molecule has 1 aromatic carbocycles. The summed E-state index contributed by atoms with van der Waals surface area (Å²) in [6, 6.07) is 0.947. The molecule has 0 aliphatic rings. The Hall–Kier alpha value is -0.690. The number of phenols is 2. The monoisotopic (exact) mass is 258 g/mol. The summed E-state index contributed by atoms with van der Waals surface area (Å²) in [6.45, 7) is 0. The summed E-state index contributed by atoms with van der Waals surface area (Å²) >= 11 is 10.8. The summed E-state index contributed by atoms with van der Waals surface area (Å²) in [5, 5.41) is 17.5. The average molecular weight is 259 g/mol. The van der Waals surface area contributed by atoms with Crippen molar-refractivity contribution in [3.8, 4) is 11.5 Å². The molecule has 1 rings (SSSR count). The van der Waals surface area contributed by atoms with Gasteiger partial charge in [0.05, 0.1) is 10.0 Å². The van der Waals surface area contributed by atoms with Gasteiger partial charge >= 0.3 is 10.1 Å². The predicted octanol–water partition coefficient (Wildman–Crippen LogP) is 1.65. The average Bonchev–Trinajstić information content (AvgIpc) is 1.98. The Balaban J connectivity index is 3.74. The van der Waals surface area contributed by atoms with Crippen molar-refractivity contribution in [3.05, 3.63) is 16.1 Å². The number of aromatic hydroxyl groups is 2. The second-order valence-corrected chi connectivity index (χ2v) is 4.51. The van der Waals surface area contributed by atoms with Gasteiger partial charge < -0.3 is 10.2 Å². The van der Waals surface area contributed by atoms with Crippen LogP contribution in [0.2, 0.25) is 10.0 Å². The van der Waals surface area contributed by atoms with Crippen molar-refractivity contribution in [2.45, 2.75) is 4.90 Å². The fraction of sp³-hybridized carbons (Fsp3) is 0. The van der Waals surface area contributed by atoms with Gasteiger partial charge in [-0.05, 0) is 6.07 Å². The topological polar surface area (TPSA) is 94.8 Å². The SMILES string of the molecule is O=S(=O)(O)c1c(O)c(Cl)cc(Cl)c1O. The molecule has 0 amide bonds. The van der Waals surface area contributed by atoms with Crippen LogP contribution in [0.4, 0.5) is 0 Å². The van der Waals surface area contributed by atoms with Gasteiger partial charge in [-0.3, -0.25) is 4.55 Å². The van der Waals surface area contributed by atoms with Gasteiger partial charge in [0, 0.05) is 0 Å². The van der Waals surface area contributed by atoms with Crippen LogP contribution in [0.5, 0.6) is 11.5 Å². The Labute approximate surface area is 89.3 Å².